The highest BCUT2D eigenvalue weighted by molar-refractivity contribution is 5.77. The molecule has 0 spiro atoms. The Labute approximate surface area is 171 Å². The molecule has 2 heterocycles. The summed E-state index contributed by atoms with van der Waals surface area (Å²) in [4.78, 5) is 26.1. The minimum atomic E-state index is -0.0315. The molecule has 8 heteroatoms. The van der Waals surface area contributed by atoms with Crippen LogP contribution in [0, 0.1) is 5.92 Å². The van der Waals surface area contributed by atoms with Crippen LogP contribution >= 0.6 is 0 Å². The molecule has 0 bridgehead atoms. The van der Waals surface area contributed by atoms with Crippen molar-refractivity contribution in [2.24, 2.45) is 5.92 Å². The number of ether oxygens (including phenoxy) is 1. The minimum Gasteiger partial charge on any atom is -0.493 e. The Kier molecular flexibility index (Phi) is 7.21. The number of carbonyl (C=O) groups excluding carboxylic acids is 2. The molecule has 3 rings (SSSR count). The molecule has 8 nitrogen and oxygen atoms in total. The molecule has 2 aromatic rings. The Bertz CT molecular complexity index is 819. The second-order valence-corrected chi connectivity index (χ2v) is 7.42. The topological polar surface area (TPSA) is 89.4 Å². The predicted octanol–water partition coefficient (Wildman–Crippen LogP) is 1.45. The molecular weight excluding hydrogens is 370 g/mol. The molecule has 0 saturated heterocycles. The first-order chi connectivity index (χ1) is 14.0. The van der Waals surface area contributed by atoms with Gasteiger partial charge in [-0.05, 0) is 12.1 Å². The molecule has 0 fully saturated rings. The first kappa shape index (κ1) is 20.8. The number of aromatic nitrogens is 3. The van der Waals surface area contributed by atoms with Crippen molar-refractivity contribution in [1.29, 1.82) is 0 Å². The van der Waals surface area contributed by atoms with Crippen LogP contribution in [0.1, 0.15) is 31.9 Å². The third-order valence-corrected chi connectivity index (χ3v) is 4.96. The maximum atomic E-state index is 12.6. The average molecular weight is 399 g/mol. The highest BCUT2D eigenvalue weighted by Crippen LogP contribution is 2.12. The monoisotopic (exact) mass is 399 g/mol. The molecule has 0 radical (unpaired) electrons. The lowest BCUT2D eigenvalue weighted by Gasteiger charge is -2.20. The smallest absolute Gasteiger partial charge is 0.226 e. The molecule has 0 atom stereocenters. The van der Waals surface area contributed by atoms with E-state index in [1.54, 1.807) is 0 Å². The summed E-state index contributed by atoms with van der Waals surface area (Å²) in [6.45, 7) is 6.57. The van der Waals surface area contributed by atoms with Crippen LogP contribution in [0.4, 0.5) is 0 Å². The fourth-order valence-corrected chi connectivity index (χ4v) is 3.25. The van der Waals surface area contributed by atoms with Gasteiger partial charge in [-0.25, -0.2) is 0 Å². The highest BCUT2D eigenvalue weighted by Gasteiger charge is 2.21. The van der Waals surface area contributed by atoms with E-state index in [-0.39, 0.29) is 17.7 Å². The lowest BCUT2D eigenvalue weighted by molar-refractivity contribution is -0.131. The minimum absolute atomic E-state index is 0.0315. The summed E-state index contributed by atoms with van der Waals surface area (Å²) in [5, 5.41) is 11.5. The van der Waals surface area contributed by atoms with Gasteiger partial charge in [0.05, 0.1) is 13.0 Å². The van der Waals surface area contributed by atoms with Crippen LogP contribution in [0.2, 0.25) is 0 Å². The van der Waals surface area contributed by atoms with Crippen molar-refractivity contribution in [2.75, 3.05) is 26.2 Å². The third kappa shape index (κ3) is 5.79. The summed E-state index contributed by atoms with van der Waals surface area (Å²) >= 11 is 0. The van der Waals surface area contributed by atoms with Gasteiger partial charge in [0.15, 0.2) is 0 Å². The van der Waals surface area contributed by atoms with Crippen LogP contribution in [0.15, 0.2) is 30.3 Å². The zero-order chi connectivity index (χ0) is 20.6. The number of fused-ring (bicyclic) bond motifs is 1. The van der Waals surface area contributed by atoms with Crippen molar-refractivity contribution < 1.29 is 14.3 Å². The van der Waals surface area contributed by atoms with Crippen molar-refractivity contribution in [3.8, 4) is 5.75 Å². The normalized spacial score (nSPS) is 13.7. The maximum absolute atomic E-state index is 12.6. The van der Waals surface area contributed by atoms with Gasteiger partial charge in [-0.15, -0.1) is 10.2 Å². The number of rotatable bonds is 8. The van der Waals surface area contributed by atoms with Crippen LogP contribution < -0.4 is 10.1 Å². The molecular formula is C21H29N5O3. The van der Waals surface area contributed by atoms with Gasteiger partial charge >= 0.3 is 0 Å². The van der Waals surface area contributed by atoms with Gasteiger partial charge in [0.1, 0.15) is 17.4 Å². The lowest BCUT2D eigenvalue weighted by atomic mass is 10.2. The van der Waals surface area contributed by atoms with Gasteiger partial charge in [-0.3, -0.25) is 9.59 Å². The van der Waals surface area contributed by atoms with E-state index in [2.05, 4.69) is 20.1 Å². The van der Waals surface area contributed by atoms with Crippen molar-refractivity contribution in [1.82, 2.24) is 25.0 Å². The molecule has 156 valence electrons. The third-order valence-electron chi connectivity index (χ3n) is 4.96. The van der Waals surface area contributed by atoms with E-state index in [0.29, 0.717) is 52.0 Å². The number of nitrogens with zero attached hydrogens (tertiary/aromatic N) is 4. The van der Waals surface area contributed by atoms with E-state index in [1.807, 2.05) is 49.1 Å². The molecule has 0 saturated carbocycles. The van der Waals surface area contributed by atoms with Crippen molar-refractivity contribution >= 4 is 11.8 Å². The second kappa shape index (κ2) is 10.0. The first-order valence-electron chi connectivity index (χ1n) is 10.2. The molecule has 2 amide bonds. The molecule has 1 aromatic carbocycles. The van der Waals surface area contributed by atoms with Gasteiger partial charge in [0.2, 0.25) is 11.8 Å². The Morgan fingerprint density at radius 1 is 1.14 bits per heavy atom. The quantitative estimate of drug-likeness (QED) is 0.726. The van der Waals surface area contributed by atoms with E-state index < -0.39 is 0 Å². The SMILES string of the molecule is CC(C)C(=O)NCCc1nnc2n1CCN(C(=O)CCOc1ccccc1)CC2. The summed E-state index contributed by atoms with van der Waals surface area (Å²) in [5.74, 6) is 2.62. The molecule has 0 unspecified atom stereocenters. The van der Waals surface area contributed by atoms with Gasteiger partial charge in [0.25, 0.3) is 0 Å². The second-order valence-electron chi connectivity index (χ2n) is 7.42. The number of hydrogen-bond donors (Lipinski definition) is 1. The summed E-state index contributed by atoms with van der Waals surface area (Å²) < 4.78 is 7.71. The fourth-order valence-electron chi connectivity index (χ4n) is 3.25. The average Bonchev–Trinajstić information content (AvgIpc) is 2.97. The van der Waals surface area contributed by atoms with Gasteiger partial charge < -0.3 is 19.5 Å². The van der Waals surface area contributed by atoms with E-state index >= 15 is 0 Å². The number of carbonyl (C=O) groups is 2. The zero-order valence-corrected chi connectivity index (χ0v) is 17.1. The van der Waals surface area contributed by atoms with Crippen LogP contribution in [0.3, 0.4) is 0 Å². The molecule has 1 aliphatic heterocycles. The largest absolute Gasteiger partial charge is 0.493 e. The fraction of sp³-hybridized carbons (Fsp3) is 0.524. The number of amides is 2. The summed E-state index contributed by atoms with van der Waals surface area (Å²) in [6.07, 6.45) is 1.66. The number of para-hydroxylation sites is 1. The van der Waals surface area contributed by atoms with E-state index in [0.717, 1.165) is 17.4 Å². The van der Waals surface area contributed by atoms with Crippen molar-refractivity contribution in [2.45, 2.75) is 39.7 Å². The van der Waals surface area contributed by atoms with E-state index in [9.17, 15) is 9.59 Å². The van der Waals surface area contributed by atoms with E-state index in [4.69, 9.17) is 4.74 Å². The Hall–Kier alpha value is -2.90. The molecule has 1 N–H and O–H groups in total. The Morgan fingerprint density at radius 3 is 2.69 bits per heavy atom. The summed E-state index contributed by atoms with van der Waals surface area (Å²) in [7, 11) is 0. The van der Waals surface area contributed by atoms with Crippen molar-refractivity contribution in [3.63, 3.8) is 0 Å². The number of hydrogen-bond acceptors (Lipinski definition) is 5. The van der Waals surface area contributed by atoms with E-state index in [1.165, 1.54) is 0 Å². The van der Waals surface area contributed by atoms with Crippen LogP contribution in [0.25, 0.3) is 0 Å². The standard InChI is InChI=1S/C21H29N5O3/c1-16(2)21(28)22-11-8-18-23-24-19-9-12-25(13-14-26(18)19)20(27)10-15-29-17-6-4-3-5-7-17/h3-7,16H,8-15H2,1-2H3,(H,22,28). The molecule has 1 aromatic heterocycles. The van der Waals surface area contributed by atoms with Crippen LogP contribution in [0.5, 0.6) is 5.75 Å². The Morgan fingerprint density at radius 2 is 1.93 bits per heavy atom. The van der Waals surface area contributed by atoms with Gasteiger partial charge in [-0.1, -0.05) is 32.0 Å². The highest BCUT2D eigenvalue weighted by atomic mass is 16.5. The molecule has 0 aliphatic carbocycles. The Balaban J connectivity index is 1.46. The zero-order valence-electron chi connectivity index (χ0n) is 17.1. The summed E-state index contributed by atoms with van der Waals surface area (Å²) in [5.41, 5.74) is 0. The maximum Gasteiger partial charge on any atom is 0.226 e. The molecule has 1 aliphatic rings. The summed E-state index contributed by atoms with van der Waals surface area (Å²) in [6, 6.07) is 9.52. The first-order valence-corrected chi connectivity index (χ1v) is 10.2. The lowest BCUT2D eigenvalue weighted by Crippen LogP contribution is -2.34. The number of benzene rings is 1. The van der Waals surface area contributed by atoms with Crippen LogP contribution in [-0.4, -0.2) is 57.7 Å². The van der Waals surface area contributed by atoms with Crippen molar-refractivity contribution in [3.05, 3.63) is 42.0 Å². The molecule has 29 heavy (non-hydrogen) atoms. The predicted molar refractivity (Wildman–Crippen MR) is 108 cm³/mol. The van der Waals surface area contributed by atoms with Gasteiger partial charge in [-0.2, -0.15) is 0 Å². The van der Waals surface area contributed by atoms with Gasteiger partial charge in [0, 0.05) is 44.9 Å². The number of nitrogens with one attached hydrogen (secondary N) is 1. The van der Waals surface area contributed by atoms with Crippen LogP contribution in [-0.2, 0) is 29.0 Å².